The van der Waals surface area contributed by atoms with Gasteiger partial charge in [0.25, 0.3) is 11.7 Å². The Morgan fingerprint density at radius 2 is 1.59 bits per heavy atom. The van der Waals surface area contributed by atoms with Crippen LogP contribution in [0.3, 0.4) is 0 Å². The van der Waals surface area contributed by atoms with Gasteiger partial charge in [0.1, 0.15) is 5.76 Å². The number of hydrogen-bond acceptors (Lipinski definition) is 5. The van der Waals surface area contributed by atoms with Crippen molar-refractivity contribution in [3.05, 3.63) is 71.3 Å². The lowest BCUT2D eigenvalue weighted by molar-refractivity contribution is -0.140. The summed E-state index contributed by atoms with van der Waals surface area (Å²) in [6.45, 7) is 1.01. The predicted molar refractivity (Wildman–Crippen MR) is 115 cm³/mol. The van der Waals surface area contributed by atoms with E-state index < -0.39 is 17.7 Å². The number of anilines is 1. The van der Waals surface area contributed by atoms with E-state index >= 15 is 0 Å². The highest BCUT2D eigenvalue weighted by molar-refractivity contribution is 6.46. The number of rotatable bonds is 6. The number of hydrogen-bond donors (Lipinski definition) is 1. The molecule has 0 radical (unpaired) electrons. The van der Waals surface area contributed by atoms with Gasteiger partial charge >= 0.3 is 0 Å². The molecule has 0 aromatic heterocycles. The third kappa shape index (κ3) is 4.17. The van der Waals surface area contributed by atoms with Crippen molar-refractivity contribution in [1.82, 2.24) is 9.80 Å². The number of carbonyl (C=O) groups is 2. The van der Waals surface area contributed by atoms with Crippen LogP contribution in [-0.4, -0.2) is 67.9 Å². The highest BCUT2D eigenvalue weighted by atomic mass is 16.3. The van der Waals surface area contributed by atoms with E-state index in [-0.39, 0.29) is 11.3 Å². The Kier molecular flexibility index (Phi) is 6.03. The number of Topliss-reactive ketones (excluding diaryl/α,β-unsaturated/α-hetero) is 1. The molecule has 1 heterocycles. The van der Waals surface area contributed by atoms with E-state index in [2.05, 4.69) is 0 Å². The van der Waals surface area contributed by atoms with Gasteiger partial charge in [-0.15, -0.1) is 0 Å². The highest BCUT2D eigenvalue weighted by Gasteiger charge is 2.45. The molecule has 0 aliphatic carbocycles. The summed E-state index contributed by atoms with van der Waals surface area (Å²) >= 11 is 0. The van der Waals surface area contributed by atoms with E-state index in [0.717, 1.165) is 11.3 Å². The van der Waals surface area contributed by atoms with Crippen LogP contribution in [0.15, 0.2) is 60.2 Å². The SMILES string of the molecule is CN(C)CCN1C(=O)C(=O)/C(=C(/O)c2ccccc2)[C@@H]1c1ccc(N(C)C)cc1. The first-order valence-electron chi connectivity index (χ1n) is 9.57. The van der Waals surface area contributed by atoms with Crippen molar-refractivity contribution in [2.24, 2.45) is 0 Å². The molecule has 29 heavy (non-hydrogen) atoms. The van der Waals surface area contributed by atoms with Crippen molar-refractivity contribution in [1.29, 1.82) is 0 Å². The number of aliphatic hydroxyl groups is 1. The fourth-order valence-corrected chi connectivity index (χ4v) is 3.47. The third-order valence-corrected chi connectivity index (χ3v) is 5.10. The molecule has 1 atom stereocenters. The first-order chi connectivity index (χ1) is 13.8. The van der Waals surface area contributed by atoms with E-state index in [0.29, 0.717) is 18.7 Å². The fourth-order valence-electron chi connectivity index (χ4n) is 3.47. The molecule has 0 saturated carbocycles. The van der Waals surface area contributed by atoms with Gasteiger partial charge in [0.2, 0.25) is 0 Å². The van der Waals surface area contributed by atoms with E-state index in [1.165, 1.54) is 0 Å². The minimum atomic E-state index is -0.646. The van der Waals surface area contributed by atoms with E-state index in [4.69, 9.17) is 0 Å². The van der Waals surface area contributed by atoms with Gasteiger partial charge in [0.05, 0.1) is 11.6 Å². The lowest BCUT2D eigenvalue weighted by atomic mass is 9.95. The van der Waals surface area contributed by atoms with Crippen LogP contribution in [0, 0.1) is 0 Å². The third-order valence-electron chi connectivity index (χ3n) is 5.10. The van der Waals surface area contributed by atoms with Gasteiger partial charge in [-0.1, -0.05) is 42.5 Å². The maximum Gasteiger partial charge on any atom is 0.295 e. The number of likely N-dealkylation sites (tertiary alicyclic amines) is 1. The zero-order valence-corrected chi connectivity index (χ0v) is 17.3. The van der Waals surface area contributed by atoms with Gasteiger partial charge in [-0.2, -0.15) is 0 Å². The zero-order valence-electron chi connectivity index (χ0n) is 17.3. The molecule has 6 heteroatoms. The van der Waals surface area contributed by atoms with E-state index in [9.17, 15) is 14.7 Å². The lowest BCUT2D eigenvalue weighted by Crippen LogP contribution is -2.35. The second-order valence-corrected chi connectivity index (χ2v) is 7.65. The summed E-state index contributed by atoms with van der Waals surface area (Å²) in [5, 5.41) is 10.9. The maximum atomic E-state index is 12.9. The Hall–Kier alpha value is -3.12. The van der Waals surface area contributed by atoms with Gasteiger partial charge in [-0.05, 0) is 31.8 Å². The highest BCUT2D eigenvalue weighted by Crippen LogP contribution is 2.39. The number of likely N-dealkylation sites (N-methyl/N-ethyl adjacent to an activating group) is 1. The maximum absolute atomic E-state index is 12.9. The first kappa shape index (κ1) is 20.6. The van der Waals surface area contributed by atoms with Crippen molar-refractivity contribution in [3.63, 3.8) is 0 Å². The van der Waals surface area contributed by atoms with Crippen LogP contribution < -0.4 is 4.90 Å². The minimum absolute atomic E-state index is 0.137. The molecule has 1 amide bonds. The van der Waals surface area contributed by atoms with Gasteiger partial charge < -0.3 is 19.8 Å². The first-order valence-corrected chi connectivity index (χ1v) is 9.57. The zero-order chi connectivity index (χ0) is 21.1. The Morgan fingerprint density at radius 3 is 2.14 bits per heavy atom. The van der Waals surface area contributed by atoms with Crippen LogP contribution in [0.2, 0.25) is 0 Å². The molecule has 2 aromatic rings. The van der Waals surface area contributed by atoms with Crippen molar-refractivity contribution < 1.29 is 14.7 Å². The van der Waals surface area contributed by atoms with Gasteiger partial charge in [0.15, 0.2) is 0 Å². The van der Waals surface area contributed by atoms with Crippen molar-refractivity contribution >= 4 is 23.1 Å². The Morgan fingerprint density at radius 1 is 0.966 bits per heavy atom. The molecular formula is C23H27N3O3. The van der Waals surface area contributed by atoms with Crippen LogP contribution in [-0.2, 0) is 9.59 Å². The van der Waals surface area contributed by atoms with Crippen molar-refractivity contribution in [3.8, 4) is 0 Å². The Bertz CT molecular complexity index is 918. The number of aliphatic hydroxyl groups excluding tert-OH is 1. The fraction of sp³-hybridized carbons (Fsp3) is 0.304. The Labute approximate surface area is 171 Å². The molecule has 1 saturated heterocycles. The van der Waals surface area contributed by atoms with Crippen molar-refractivity contribution in [2.75, 3.05) is 46.2 Å². The number of amides is 1. The van der Waals surface area contributed by atoms with Crippen LogP contribution in [0.5, 0.6) is 0 Å². The molecule has 3 rings (SSSR count). The average Bonchev–Trinajstić information content (AvgIpc) is 2.97. The largest absolute Gasteiger partial charge is 0.507 e. The summed E-state index contributed by atoms with van der Waals surface area (Å²) in [6, 6.07) is 16.0. The second kappa shape index (κ2) is 8.49. The topological polar surface area (TPSA) is 64.1 Å². The number of benzene rings is 2. The molecule has 1 aliphatic heterocycles. The minimum Gasteiger partial charge on any atom is -0.507 e. The molecule has 1 fully saturated rings. The predicted octanol–water partition coefficient (Wildman–Crippen LogP) is 2.74. The normalized spacial score (nSPS) is 18.5. The molecule has 0 bridgehead atoms. The average molecular weight is 393 g/mol. The Balaban J connectivity index is 2.11. The quantitative estimate of drug-likeness (QED) is 0.464. The molecule has 6 nitrogen and oxygen atoms in total. The summed E-state index contributed by atoms with van der Waals surface area (Å²) in [5.41, 5.74) is 2.47. The second-order valence-electron chi connectivity index (χ2n) is 7.65. The van der Waals surface area contributed by atoms with Crippen LogP contribution in [0.4, 0.5) is 5.69 Å². The summed E-state index contributed by atoms with van der Waals surface area (Å²) < 4.78 is 0. The molecule has 1 N–H and O–H groups in total. The smallest absolute Gasteiger partial charge is 0.295 e. The van der Waals surface area contributed by atoms with Gasteiger partial charge in [0, 0.05) is 38.4 Å². The summed E-state index contributed by atoms with van der Waals surface area (Å²) in [5.74, 6) is -1.36. The molecule has 0 unspecified atom stereocenters. The van der Waals surface area contributed by atoms with Gasteiger partial charge in [-0.25, -0.2) is 0 Å². The van der Waals surface area contributed by atoms with Crippen LogP contribution >= 0.6 is 0 Å². The lowest BCUT2D eigenvalue weighted by Gasteiger charge is -2.27. The molecule has 152 valence electrons. The molecular weight excluding hydrogens is 366 g/mol. The summed E-state index contributed by atoms with van der Waals surface area (Å²) in [7, 11) is 7.74. The number of nitrogens with zero attached hydrogens (tertiary/aromatic N) is 3. The summed E-state index contributed by atoms with van der Waals surface area (Å²) in [6.07, 6.45) is 0. The van der Waals surface area contributed by atoms with Crippen LogP contribution in [0.1, 0.15) is 17.2 Å². The van der Waals surface area contributed by atoms with Crippen molar-refractivity contribution in [2.45, 2.75) is 6.04 Å². The molecule has 2 aromatic carbocycles. The van der Waals surface area contributed by atoms with E-state index in [1.807, 2.05) is 68.3 Å². The monoisotopic (exact) mass is 393 g/mol. The number of ketones is 1. The molecule has 1 aliphatic rings. The number of carbonyl (C=O) groups excluding carboxylic acids is 2. The summed E-state index contributed by atoms with van der Waals surface area (Å²) in [4.78, 5) is 31.2. The van der Waals surface area contributed by atoms with E-state index in [1.54, 1.807) is 29.2 Å². The van der Waals surface area contributed by atoms with Gasteiger partial charge in [-0.3, -0.25) is 9.59 Å². The van der Waals surface area contributed by atoms with Crippen LogP contribution in [0.25, 0.3) is 5.76 Å². The molecule has 0 spiro atoms. The standard InChI is InChI=1S/C23H27N3O3/c1-24(2)14-15-26-20(16-10-12-18(13-11-16)25(3)4)19(22(28)23(26)29)21(27)17-8-6-5-7-9-17/h5-13,20,27H,14-15H2,1-4H3/b21-19+/t20-/m0/s1.